The van der Waals surface area contributed by atoms with Gasteiger partial charge in [0.15, 0.2) is 5.78 Å². The highest BCUT2D eigenvalue weighted by molar-refractivity contribution is 5.79. The summed E-state index contributed by atoms with van der Waals surface area (Å²) in [5.74, 6) is -3.44. The van der Waals surface area contributed by atoms with Crippen molar-refractivity contribution >= 4 is 18.0 Å². The third-order valence-electron chi connectivity index (χ3n) is 4.17. The average molecular weight is 353 g/mol. The quantitative estimate of drug-likeness (QED) is 0.717. The van der Waals surface area contributed by atoms with Crippen LogP contribution in [0.25, 0.3) is 6.08 Å². The van der Waals surface area contributed by atoms with E-state index in [9.17, 15) is 18.4 Å². The zero-order valence-electron chi connectivity index (χ0n) is 14.7. The van der Waals surface area contributed by atoms with E-state index in [0.29, 0.717) is 11.4 Å². The summed E-state index contributed by atoms with van der Waals surface area (Å²) in [6.07, 6.45) is 0.250. The first-order chi connectivity index (χ1) is 11.5. The molecule has 2 aliphatic rings. The molecule has 8 heteroatoms. The number of rotatable bonds is 0. The first kappa shape index (κ1) is 17.6. The summed E-state index contributed by atoms with van der Waals surface area (Å²) in [6, 6.07) is 0. The van der Waals surface area contributed by atoms with Crippen molar-refractivity contribution in [2.45, 2.75) is 65.1 Å². The van der Waals surface area contributed by atoms with Crippen molar-refractivity contribution in [2.24, 2.45) is 0 Å². The van der Waals surface area contributed by atoms with E-state index >= 15 is 0 Å². The van der Waals surface area contributed by atoms with Gasteiger partial charge in [-0.2, -0.15) is 13.9 Å². The monoisotopic (exact) mass is 353 g/mol. The normalized spacial score (nSPS) is 19.7. The Hall–Kier alpha value is -2.25. The predicted octanol–water partition coefficient (Wildman–Crippen LogP) is 3.45. The number of carbonyl (C=O) groups is 2. The lowest BCUT2D eigenvalue weighted by molar-refractivity contribution is -0.120. The van der Waals surface area contributed by atoms with Gasteiger partial charge in [-0.25, -0.2) is 4.79 Å². The van der Waals surface area contributed by atoms with Crippen molar-refractivity contribution in [3.05, 3.63) is 22.6 Å². The van der Waals surface area contributed by atoms with Crippen LogP contribution in [-0.4, -0.2) is 32.2 Å². The Labute approximate surface area is 144 Å². The molecule has 0 saturated carbocycles. The largest absolute Gasteiger partial charge is 0.443 e. The van der Waals surface area contributed by atoms with Gasteiger partial charge < -0.3 is 4.74 Å². The second-order valence-electron chi connectivity index (χ2n) is 7.47. The van der Waals surface area contributed by atoms with Crippen LogP contribution >= 0.6 is 0 Å². The molecule has 1 aromatic heterocycles. The van der Waals surface area contributed by atoms with E-state index in [1.165, 1.54) is 4.90 Å². The Morgan fingerprint density at radius 1 is 1.32 bits per heavy atom. The van der Waals surface area contributed by atoms with Gasteiger partial charge in [-0.1, -0.05) is 0 Å². The van der Waals surface area contributed by atoms with E-state index in [4.69, 9.17) is 4.74 Å². The SMILES string of the molecule is CC1=Cc2nn3c(c2CN1C(=O)OC(C)(C)C)C(F)(F)CCC(=O)C3. The van der Waals surface area contributed by atoms with Gasteiger partial charge in [0.2, 0.25) is 0 Å². The van der Waals surface area contributed by atoms with Gasteiger partial charge in [0, 0.05) is 24.1 Å². The minimum Gasteiger partial charge on any atom is -0.443 e. The third kappa shape index (κ3) is 3.29. The standard InChI is InChI=1S/C17H21F2N3O3/c1-10-7-13-12(9-21(10)15(24)25-16(2,3)4)14-17(18,19)6-5-11(23)8-22(14)20-13/h7H,5-6,8-9H2,1-4H3. The predicted molar refractivity (Wildman–Crippen MR) is 85.8 cm³/mol. The first-order valence-corrected chi connectivity index (χ1v) is 8.16. The Morgan fingerprint density at radius 2 is 2.00 bits per heavy atom. The molecule has 25 heavy (non-hydrogen) atoms. The van der Waals surface area contributed by atoms with E-state index in [-0.39, 0.29) is 36.6 Å². The second kappa shape index (κ2) is 5.64. The van der Waals surface area contributed by atoms with Crippen LogP contribution in [0, 0.1) is 0 Å². The maximum Gasteiger partial charge on any atom is 0.414 e. The van der Waals surface area contributed by atoms with Crippen molar-refractivity contribution in [3.63, 3.8) is 0 Å². The van der Waals surface area contributed by atoms with Crippen LogP contribution in [0.3, 0.4) is 0 Å². The number of halogens is 2. The number of ether oxygens (including phenoxy) is 1. The molecule has 3 rings (SSSR count). The minimum absolute atomic E-state index is 0.0499. The lowest BCUT2D eigenvalue weighted by atomic mass is 10.0. The van der Waals surface area contributed by atoms with Gasteiger partial charge in [-0.15, -0.1) is 0 Å². The smallest absolute Gasteiger partial charge is 0.414 e. The van der Waals surface area contributed by atoms with Crippen molar-refractivity contribution in [1.29, 1.82) is 0 Å². The highest BCUT2D eigenvalue weighted by atomic mass is 19.3. The first-order valence-electron chi connectivity index (χ1n) is 8.16. The number of hydrogen-bond acceptors (Lipinski definition) is 4. The maximum absolute atomic E-state index is 14.6. The molecule has 0 aliphatic carbocycles. The molecule has 2 aliphatic heterocycles. The summed E-state index contributed by atoms with van der Waals surface area (Å²) in [4.78, 5) is 25.5. The summed E-state index contributed by atoms with van der Waals surface area (Å²) in [5.41, 5.74) is 0.248. The molecule has 0 saturated heterocycles. The molecule has 1 aromatic rings. The van der Waals surface area contributed by atoms with E-state index in [1.807, 2.05) is 0 Å². The number of aromatic nitrogens is 2. The fourth-order valence-electron chi connectivity index (χ4n) is 3.06. The van der Waals surface area contributed by atoms with Crippen LogP contribution in [-0.2, 0) is 28.5 Å². The fourth-order valence-corrected chi connectivity index (χ4v) is 3.06. The third-order valence-corrected chi connectivity index (χ3v) is 4.17. The molecule has 0 spiro atoms. The highest BCUT2D eigenvalue weighted by Gasteiger charge is 2.43. The van der Waals surface area contributed by atoms with Crippen LogP contribution in [0.2, 0.25) is 0 Å². The zero-order valence-corrected chi connectivity index (χ0v) is 14.7. The Morgan fingerprint density at radius 3 is 2.64 bits per heavy atom. The summed E-state index contributed by atoms with van der Waals surface area (Å²) in [7, 11) is 0. The van der Waals surface area contributed by atoms with Gasteiger partial charge in [-0.3, -0.25) is 14.4 Å². The van der Waals surface area contributed by atoms with Gasteiger partial charge in [0.25, 0.3) is 5.92 Å². The molecule has 1 amide bonds. The molecular formula is C17H21F2N3O3. The second-order valence-corrected chi connectivity index (χ2v) is 7.47. The molecule has 0 aromatic carbocycles. The summed E-state index contributed by atoms with van der Waals surface area (Å²) >= 11 is 0. The zero-order chi connectivity index (χ0) is 18.6. The van der Waals surface area contributed by atoms with E-state index in [0.717, 1.165) is 4.68 Å². The lowest BCUT2D eigenvalue weighted by Gasteiger charge is -2.30. The Bertz CT molecular complexity index is 775. The van der Waals surface area contributed by atoms with Gasteiger partial charge in [0.05, 0.1) is 12.2 Å². The molecule has 0 bridgehead atoms. The summed E-state index contributed by atoms with van der Waals surface area (Å²) in [5, 5.41) is 4.18. The molecule has 0 radical (unpaired) electrons. The van der Waals surface area contributed by atoms with Crippen molar-refractivity contribution < 1.29 is 23.1 Å². The molecule has 136 valence electrons. The van der Waals surface area contributed by atoms with E-state index < -0.39 is 24.0 Å². The highest BCUT2D eigenvalue weighted by Crippen LogP contribution is 2.41. The van der Waals surface area contributed by atoms with Crippen molar-refractivity contribution in [3.8, 4) is 0 Å². The number of alkyl halides is 2. The Balaban J connectivity index is 2.01. The molecule has 6 nitrogen and oxygen atoms in total. The van der Waals surface area contributed by atoms with E-state index in [2.05, 4.69) is 5.10 Å². The van der Waals surface area contributed by atoms with Crippen LogP contribution in [0.4, 0.5) is 13.6 Å². The van der Waals surface area contributed by atoms with Gasteiger partial charge in [-0.05, 0) is 33.8 Å². The fraction of sp³-hybridized carbons (Fsp3) is 0.588. The van der Waals surface area contributed by atoms with E-state index in [1.54, 1.807) is 33.8 Å². The van der Waals surface area contributed by atoms with Gasteiger partial charge in [0.1, 0.15) is 17.8 Å². The number of nitrogens with zero attached hydrogens (tertiary/aromatic N) is 3. The van der Waals surface area contributed by atoms with Crippen molar-refractivity contribution in [2.75, 3.05) is 0 Å². The van der Waals surface area contributed by atoms with Crippen molar-refractivity contribution in [1.82, 2.24) is 14.7 Å². The molecule has 0 N–H and O–H groups in total. The van der Waals surface area contributed by atoms with Crippen LogP contribution in [0.15, 0.2) is 5.70 Å². The Kier molecular flexibility index (Phi) is 3.96. The topological polar surface area (TPSA) is 64.4 Å². The number of fused-ring (bicyclic) bond motifs is 3. The number of amides is 1. The summed E-state index contributed by atoms with van der Waals surface area (Å²) in [6.45, 7) is 6.70. The molecule has 0 unspecified atom stereocenters. The molecular weight excluding hydrogens is 332 g/mol. The minimum atomic E-state index is -3.16. The van der Waals surface area contributed by atoms with Crippen LogP contribution < -0.4 is 0 Å². The average Bonchev–Trinajstić information content (AvgIpc) is 2.74. The molecule has 3 heterocycles. The lowest BCUT2D eigenvalue weighted by Crippen LogP contribution is -2.37. The number of Topliss-reactive ketones (excluding diaryl/α,β-unsaturated/α-hetero) is 1. The van der Waals surface area contributed by atoms with Crippen LogP contribution in [0.5, 0.6) is 0 Å². The maximum atomic E-state index is 14.6. The number of hydrogen-bond donors (Lipinski definition) is 0. The number of ketones is 1. The number of allylic oxidation sites excluding steroid dienone is 1. The number of carbonyl (C=O) groups excluding carboxylic acids is 2. The van der Waals surface area contributed by atoms with Crippen LogP contribution in [0.1, 0.15) is 57.5 Å². The molecule has 0 atom stereocenters. The van der Waals surface area contributed by atoms with Gasteiger partial charge >= 0.3 is 6.09 Å². The molecule has 0 fully saturated rings. The summed E-state index contributed by atoms with van der Waals surface area (Å²) < 4.78 is 35.6.